The first-order chi connectivity index (χ1) is 12.4. The molecule has 1 N–H and O–H groups in total. The lowest BCUT2D eigenvalue weighted by molar-refractivity contribution is -0.141. The summed E-state index contributed by atoms with van der Waals surface area (Å²) >= 11 is 0. The molecule has 7 nitrogen and oxygen atoms in total. The molecule has 1 aliphatic carbocycles. The van der Waals surface area contributed by atoms with Gasteiger partial charge in [-0.15, -0.1) is 0 Å². The van der Waals surface area contributed by atoms with Gasteiger partial charge in [-0.05, 0) is 43.5 Å². The predicted octanol–water partition coefficient (Wildman–Crippen LogP) is 2.51. The standard InChI is InChI=1S/C19H23N3O4/c1-12-4-7-17(26-3)16(10-12)22-9-8-15(20-22)18(23)21(14-5-6-14)11-13(2)19(24)25/h4,7-10,13-14H,5-6,11H2,1-3H3,(H,24,25). The number of carbonyl (C=O) groups excluding carboxylic acids is 1. The number of rotatable bonds is 7. The van der Waals surface area contributed by atoms with E-state index in [1.54, 1.807) is 35.9 Å². The van der Waals surface area contributed by atoms with Crippen molar-refractivity contribution in [1.82, 2.24) is 14.7 Å². The Morgan fingerprint density at radius 3 is 2.73 bits per heavy atom. The van der Waals surface area contributed by atoms with Crippen molar-refractivity contribution < 1.29 is 19.4 Å². The van der Waals surface area contributed by atoms with Crippen LogP contribution in [-0.4, -0.2) is 51.4 Å². The lowest BCUT2D eigenvalue weighted by Gasteiger charge is -2.23. The van der Waals surface area contributed by atoms with E-state index in [1.165, 1.54) is 0 Å². The molecule has 1 aromatic carbocycles. The van der Waals surface area contributed by atoms with Crippen molar-refractivity contribution in [3.05, 3.63) is 41.7 Å². The molecule has 1 heterocycles. The molecule has 1 unspecified atom stereocenters. The first kappa shape index (κ1) is 18.0. The third-order valence-corrected chi connectivity index (χ3v) is 4.53. The van der Waals surface area contributed by atoms with Crippen LogP contribution < -0.4 is 4.74 Å². The van der Waals surface area contributed by atoms with Gasteiger partial charge in [0.25, 0.3) is 5.91 Å². The van der Waals surface area contributed by atoms with Gasteiger partial charge in [0.1, 0.15) is 11.4 Å². The summed E-state index contributed by atoms with van der Waals surface area (Å²) in [5.41, 5.74) is 2.11. The monoisotopic (exact) mass is 357 g/mol. The van der Waals surface area contributed by atoms with Gasteiger partial charge >= 0.3 is 5.97 Å². The summed E-state index contributed by atoms with van der Waals surface area (Å²) in [4.78, 5) is 25.7. The Morgan fingerprint density at radius 1 is 1.38 bits per heavy atom. The van der Waals surface area contributed by atoms with Gasteiger partial charge in [0.2, 0.25) is 0 Å². The Morgan fingerprint density at radius 2 is 2.12 bits per heavy atom. The predicted molar refractivity (Wildman–Crippen MR) is 95.7 cm³/mol. The van der Waals surface area contributed by atoms with E-state index in [0.29, 0.717) is 11.4 Å². The molecule has 3 rings (SSSR count). The van der Waals surface area contributed by atoms with Gasteiger partial charge in [0.05, 0.1) is 13.0 Å². The zero-order valence-corrected chi connectivity index (χ0v) is 15.2. The highest BCUT2D eigenvalue weighted by Crippen LogP contribution is 2.29. The van der Waals surface area contributed by atoms with Crippen LogP contribution in [0.15, 0.2) is 30.5 Å². The molecular weight excluding hydrogens is 334 g/mol. The van der Waals surface area contributed by atoms with E-state index in [2.05, 4.69) is 5.10 Å². The lowest BCUT2D eigenvalue weighted by Crippen LogP contribution is -2.38. The highest BCUT2D eigenvalue weighted by Gasteiger charge is 2.35. The van der Waals surface area contributed by atoms with E-state index in [1.807, 2.05) is 25.1 Å². The van der Waals surface area contributed by atoms with Crippen LogP contribution in [0.25, 0.3) is 5.69 Å². The quantitative estimate of drug-likeness (QED) is 0.823. The van der Waals surface area contributed by atoms with Crippen LogP contribution >= 0.6 is 0 Å². The van der Waals surface area contributed by atoms with Gasteiger partial charge in [0, 0.05) is 18.8 Å². The molecule has 0 spiro atoms. The van der Waals surface area contributed by atoms with Crippen molar-refractivity contribution >= 4 is 11.9 Å². The van der Waals surface area contributed by atoms with Gasteiger partial charge < -0.3 is 14.7 Å². The normalized spacial score (nSPS) is 14.7. The Kier molecular flexibility index (Phi) is 4.97. The van der Waals surface area contributed by atoms with Gasteiger partial charge in [-0.1, -0.05) is 13.0 Å². The Balaban J connectivity index is 1.85. The zero-order valence-electron chi connectivity index (χ0n) is 15.2. The zero-order chi connectivity index (χ0) is 18.8. The number of carboxylic acids is 1. The number of carboxylic acid groups (broad SMARTS) is 1. The van der Waals surface area contributed by atoms with E-state index in [-0.39, 0.29) is 18.5 Å². The van der Waals surface area contributed by atoms with E-state index in [9.17, 15) is 9.59 Å². The molecule has 1 atom stereocenters. The number of benzene rings is 1. The number of methoxy groups -OCH3 is 1. The van der Waals surface area contributed by atoms with E-state index in [0.717, 1.165) is 24.1 Å². The molecule has 1 aromatic heterocycles. The van der Waals surface area contributed by atoms with Gasteiger partial charge in [-0.25, -0.2) is 4.68 Å². The fraction of sp³-hybridized carbons (Fsp3) is 0.421. The number of amides is 1. The average molecular weight is 357 g/mol. The summed E-state index contributed by atoms with van der Waals surface area (Å²) in [5, 5.41) is 13.6. The highest BCUT2D eigenvalue weighted by atomic mass is 16.5. The second kappa shape index (κ2) is 7.19. The number of ether oxygens (including phenoxy) is 1. The summed E-state index contributed by atoms with van der Waals surface area (Å²) < 4.78 is 6.99. The molecule has 138 valence electrons. The molecule has 0 aliphatic heterocycles. The van der Waals surface area contributed by atoms with Crippen LogP contribution in [0.2, 0.25) is 0 Å². The molecule has 0 bridgehead atoms. The molecule has 2 aromatic rings. The van der Waals surface area contributed by atoms with E-state index >= 15 is 0 Å². The Labute approximate surface area is 152 Å². The molecule has 0 saturated heterocycles. The number of nitrogens with zero attached hydrogens (tertiary/aromatic N) is 3. The Bertz CT molecular complexity index is 826. The fourth-order valence-corrected chi connectivity index (χ4v) is 2.86. The van der Waals surface area contributed by atoms with Crippen molar-refractivity contribution in [3.63, 3.8) is 0 Å². The van der Waals surface area contributed by atoms with Crippen LogP contribution in [0.1, 0.15) is 35.8 Å². The van der Waals surface area contributed by atoms with Crippen LogP contribution in [0.4, 0.5) is 0 Å². The third kappa shape index (κ3) is 3.71. The van der Waals surface area contributed by atoms with Crippen molar-refractivity contribution in [3.8, 4) is 11.4 Å². The summed E-state index contributed by atoms with van der Waals surface area (Å²) in [6.45, 7) is 3.78. The largest absolute Gasteiger partial charge is 0.494 e. The van der Waals surface area contributed by atoms with Gasteiger partial charge in [-0.2, -0.15) is 5.10 Å². The van der Waals surface area contributed by atoms with E-state index < -0.39 is 11.9 Å². The number of carbonyl (C=O) groups is 2. The highest BCUT2D eigenvalue weighted by molar-refractivity contribution is 5.93. The molecule has 1 aliphatic rings. The third-order valence-electron chi connectivity index (χ3n) is 4.53. The second-order valence-corrected chi connectivity index (χ2v) is 6.75. The second-order valence-electron chi connectivity index (χ2n) is 6.75. The maximum absolute atomic E-state index is 12.9. The average Bonchev–Trinajstić information content (AvgIpc) is 3.34. The van der Waals surface area contributed by atoms with Crippen LogP contribution in [0.5, 0.6) is 5.75 Å². The van der Waals surface area contributed by atoms with Crippen LogP contribution in [0.3, 0.4) is 0 Å². The maximum atomic E-state index is 12.9. The lowest BCUT2D eigenvalue weighted by atomic mass is 10.1. The topological polar surface area (TPSA) is 84.7 Å². The molecule has 1 fully saturated rings. The summed E-state index contributed by atoms with van der Waals surface area (Å²) in [5.74, 6) is -1.08. The van der Waals surface area contributed by atoms with E-state index in [4.69, 9.17) is 9.84 Å². The number of aliphatic carboxylic acids is 1. The minimum absolute atomic E-state index is 0.114. The molecule has 0 radical (unpaired) electrons. The SMILES string of the molecule is COc1ccc(C)cc1-n1ccc(C(=O)N(CC(C)C(=O)O)C2CC2)n1. The number of aromatic nitrogens is 2. The first-order valence-electron chi connectivity index (χ1n) is 8.65. The van der Waals surface area contributed by atoms with Crippen molar-refractivity contribution in [2.24, 2.45) is 5.92 Å². The number of aryl methyl sites for hydroxylation is 1. The summed E-state index contributed by atoms with van der Waals surface area (Å²) in [7, 11) is 1.59. The minimum atomic E-state index is -0.904. The smallest absolute Gasteiger partial charge is 0.308 e. The molecule has 1 amide bonds. The van der Waals surface area contributed by atoms with Crippen LogP contribution in [0, 0.1) is 12.8 Å². The minimum Gasteiger partial charge on any atom is -0.494 e. The molecule has 26 heavy (non-hydrogen) atoms. The summed E-state index contributed by atoms with van der Waals surface area (Å²) in [6.07, 6.45) is 3.53. The Hall–Kier alpha value is -2.83. The fourth-order valence-electron chi connectivity index (χ4n) is 2.86. The van der Waals surface area contributed by atoms with Crippen molar-refractivity contribution in [2.75, 3.05) is 13.7 Å². The van der Waals surface area contributed by atoms with Gasteiger partial charge in [0.15, 0.2) is 5.69 Å². The number of hydrogen-bond acceptors (Lipinski definition) is 4. The maximum Gasteiger partial charge on any atom is 0.308 e. The number of hydrogen-bond donors (Lipinski definition) is 1. The first-order valence-corrected chi connectivity index (χ1v) is 8.65. The van der Waals surface area contributed by atoms with Crippen molar-refractivity contribution in [2.45, 2.75) is 32.7 Å². The summed E-state index contributed by atoms with van der Waals surface area (Å²) in [6, 6.07) is 7.51. The molecular formula is C19H23N3O4. The molecule has 7 heteroatoms. The van der Waals surface area contributed by atoms with Crippen molar-refractivity contribution in [1.29, 1.82) is 0 Å². The van der Waals surface area contributed by atoms with Crippen LogP contribution in [-0.2, 0) is 4.79 Å². The van der Waals surface area contributed by atoms with Gasteiger partial charge in [-0.3, -0.25) is 9.59 Å². The molecule has 1 saturated carbocycles.